The summed E-state index contributed by atoms with van der Waals surface area (Å²) in [6.45, 7) is 8.01. The molecule has 0 saturated carbocycles. The average Bonchev–Trinajstić information content (AvgIpc) is 3.46. The van der Waals surface area contributed by atoms with Crippen LogP contribution < -0.4 is 10.5 Å². The lowest BCUT2D eigenvalue weighted by Crippen LogP contribution is -2.33. The molecule has 0 bridgehead atoms. The number of nitriles is 1. The molecule has 34 heavy (non-hydrogen) atoms. The Morgan fingerprint density at radius 3 is 2.50 bits per heavy atom. The molecule has 1 aromatic carbocycles. The molecule has 2 fully saturated rings. The van der Waals surface area contributed by atoms with Gasteiger partial charge in [-0.05, 0) is 50.3 Å². The van der Waals surface area contributed by atoms with E-state index in [-0.39, 0.29) is 23.1 Å². The van der Waals surface area contributed by atoms with Crippen LogP contribution in [0, 0.1) is 18.3 Å². The van der Waals surface area contributed by atoms with Gasteiger partial charge in [-0.3, -0.25) is 19.1 Å². The fraction of sp³-hybridized carbons (Fsp3) is 0.385. The number of hydrogen-bond acceptors (Lipinski definition) is 6. The van der Waals surface area contributed by atoms with E-state index < -0.39 is 0 Å². The molecule has 176 valence electrons. The van der Waals surface area contributed by atoms with Gasteiger partial charge in [0.15, 0.2) is 0 Å². The smallest absolute Gasteiger partial charge is 0.270 e. The lowest BCUT2D eigenvalue weighted by molar-refractivity contribution is -0.123. The summed E-state index contributed by atoms with van der Waals surface area (Å²) in [4.78, 5) is 31.1. The maximum absolute atomic E-state index is 13.5. The van der Waals surface area contributed by atoms with E-state index in [1.165, 1.54) is 11.8 Å². The van der Waals surface area contributed by atoms with Crippen molar-refractivity contribution in [2.75, 3.05) is 18.0 Å². The number of rotatable bonds is 6. The zero-order chi connectivity index (χ0) is 24.4. The fourth-order valence-corrected chi connectivity index (χ4v) is 6.07. The van der Waals surface area contributed by atoms with Crippen molar-refractivity contribution in [2.45, 2.75) is 52.6 Å². The number of benzene rings is 1. The molecular weight excluding hydrogens is 464 g/mol. The first-order valence-electron chi connectivity index (χ1n) is 11.6. The Bertz CT molecular complexity index is 1250. The van der Waals surface area contributed by atoms with Crippen LogP contribution in [0.1, 0.15) is 61.4 Å². The molecule has 1 amide bonds. The minimum atomic E-state index is -0.258. The second-order valence-electron chi connectivity index (χ2n) is 8.64. The molecule has 0 N–H and O–H groups in total. The summed E-state index contributed by atoms with van der Waals surface area (Å²) in [6.07, 6.45) is 4.71. The van der Waals surface area contributed by atoms with Gasteiger partial charge in [-0.1, -0.05) is 61.2 Å². The monoisotopic (exact) mass is 492 g/mol. The normalized spacial score (nSPS) is 18.1. The summed E-state index contributed by atoms with van der Waals surface area (Å²) in [6, 6.07) is 11.7. The number of aromatic nitrogens is 1. The predicted molar refractivity (Wildman–Crippen MR) is 142 cm³/mol. The van der Waals surface area contributed by atoms with Gasteiger partial charge in [0.25, 0.3) is 11.5 Å². The highest BCUT2D eigenvalue weighted by Gasteiger charge is 2.36. The van der Waals surface area contributed by atoms with Crippen molar-refractivity contribution in [3.63, 3.8) is 0 Å². The highest BCUT2D eigenvalue weighted by Crippen LogP contribution is 2.40. The van der Waals surface area contributed by atoms with Gasteiger partial charge in [-0.2, -0.15) is 5.26 Å². The Labute approximate surface area is 209 Å². The van der Waals surface area contributed by atoms with E-state index in [1.54, 1.807) is 16.4 Å². The Kier molecular flexibility index (Phi) is 7.24. The number of hydrogen-bond donors (Lipinski definition) is 0. The van der Waals surface area contributed by atoms with Crippen molar-refractivity contribution in [3.05, 3.63) is 67.8 Å². The lowest BCUT2D eigenvalue weighted by Gasteiger charge is -2.27. The van der Waals surface area contributed by atoms with Crippen molar-refractivity contribution < 1.29 is 4.79 Å². The minimum absolute atomic E-state index is 0.135. The number of anilines is 1. The molecule has 4 rings (SSSR count). The highest BCUT2D eigenvalue weighted by atomic mass is 32.2. The van der Waals surface area contributed by atoms with Crippen LogP contribution in [-0.2, 0) is 11.3 Å². The molecule has 1 aromatic heterocycles. The van der Waals surface area contributed by atoms with Crippen LogP contribution in [0.5, 0.6) is 0 Å². The van der Waals surface area contributed by atoms with E-state index in [2.05, 4.69) is 11.0 Å². The standard InChI is InChI=1S/C26H28N4O2S2/c1-4-12-29-23(28-13-8-9-14-28)20(17(2)21(16-27)24(29)31)15-22-25(32)30(26(33)34-22)18(3)19-10-6-5-7-11-19/h5-7,10-11,15,18H,4,8-9,12-14H2,1-3H3/b22-15+. The Morgan fingerprint density at radius 1 is 1.21 bits per heavy atom. The van der Waals surface area contributed by atoms with Crippen LogP contribution in [0.4, 0.5) is 5.82 Å². The summed E-state index contributed by atoms with van der Waals surface area (Å²) in [5.41, 5.74) is 2.27. The maximum Gasteiger partial charge on any atom is 0.270 e. The summed E-state index contributed by atoms with van der Waals surface area (Å²) in [5.74, 6) is 0.659. The number of carbonyl (C=O) groups excluding carboxylic acids is 1. The molecule has 1 atom stereocenters. The van der Waals surface area contributed by atoms with Crippen molar-refractivity contribution >= 4 is 46.1 Å². The van der Waals surface area contributed by atoms with Crippen molar-refractivity contribution in [2.24, 2.45) is 0 Å². The SMILES string of the molecule is CCCn1c(N2CCCC2)c(/C=C2/SC(=S)N(C(C)c3ccccc3)C2=O)c(C)c(C#N)c1=O. The first kappa shape index (κ1) is 24.2. The first-order chi connectivity index (χ1) is 16.4. The van der Waals surface area contributed by atoms with E-state index >= 15 is 0 Å². The molecule has 0 radical (unpaired) electrons. The molecule has 1 unspecified atom stereocenters. The van der Waals surface area contributed by atoms with Crippen LogP contribution in [0.15, 0.2) is 40.0 Å². The van der Waals surface area contributed by atoms with Gasteiger partial charge in [-0.15, -0.1) is 0 Å². The molecule has 2 saturated heterocycles. The minimum Gasteiger partial charge on any atom is -0.357 e. The molecule has 2 aliphatic heterocycles. The third kappa shape index (κ3) is 4.30. The Morgan fingerprint density at radius 2 is 1.88 bits per heavy atom. The van der Waals surface area contributed by atoms with Crippen LogP contribution in [0.2, 0.25) is 0 Å². The predicted octanol–water partition coefficient (Wildman–Crippen LogP) is 5.00. The molecule has 0 aliphatic carbocycles. The molecule has 2 aromatic rings. The van der Waals surface area contributed by atoms with Gasteiger partial charge in [0.05, 0.1) is 10.9 Å². The van der Waals surface area contributed by atoms with Crippen LogP contribution in [-0.4, -0.2) is 32.8 Å². The van der Waals surface area contributed by atoms with Gasteiger partial charge >= 0.3 is 0 Å². The number of amides is 1. The molecular formula is C26H28N4O2S2. The second kappa shape index (κ2) is 10.2. The largest absolute Gasteiger partial charge is 0.357 e. The zero-order valence-corrected chi connectivity index (χ0v) is 21.3. The van der Waals surface area contributed by atoms with Crippen LogP contribution in [0.25, 0.3) is 6.08 Å². The van der Waals surface area contributed by atoms with E-state index in [1.807, 2.05) is 50.3 Å². The number of carbonyl (C=O) groups is 1. The number of thioether (sulfide) groups is 1. The summed E-state index contributed by atoms with van der Waals surface area (Å²) < 4.78 is 2.23. The summed E-state index contributed by atoms with van der Waals surface area (Å²) in [5, 5.41) is 9.77. The van der Waals surface area contributed by atoms with Crippen molar-refractivity contribution in [1.29, 1.82) is 5.26 Å². The zero-order valence-electron chi connectivity index (χ0n) is 19.7. The van der Waals surface area contributed by atoms with E-state index in [0.29, 0.717) is 21.3 Å². The number of pyridine rings is 1. The second-order valence-corrected chi connectivity index (χ2v) is 10.3. The highest BCUT2D eigenvalue weighted by molar-refractivity contribution is 8.26. The first-order valence-corrected chi connectivity index (χ1v) is 12.9. The number of thiocarbonyl (C=S) groups is 1. The van der Waals surface area contributed by atoms with Gasteiger partial charge in [0.1, 0.15) is 21.8 Å². The molecule has 2 aliphatic rings. The van der Waals surface area contributed by atoms with E-state index in [4.69, 9.17) is 12.2 Å². The average molecular weight is 493 g/mol. The van der Waals surface area contributed by atoms with Crippen LogP contribution in [0.3, 0.4) is 0 Å². The third-order valence-electron chi connectivity index (χ3n) is 6.47. The summed E-state index contributed by atoms with van der Waals surface area (Å²) >= 11 is 6.88. The molecule has 6 nitrogen and oxygen atoms in total. The Balaban J connectivity index is 1.84. The quantitative estimate of drug-likeness (QED) is 0.418. The molecule has 0 spiro atoms. The van der Waals surface area contributed by atoms with E-state index in [0.717, 1.165) is 49.3 Å². The molecule has 3 heterocycles. The summed E-state index contributed by atoms with van der Waals surface area (Å²) in [7, 11) is 0. The van der Waals surface area contributed by atoms with Gasteiger partial charge < -0.3 is 4.90 Å². The topological polar surface area (TPSA) is 69.3 Å². The lowest BCUT2D eigenvalue weighted by atomic mass is 10.0. The fourth-order valence-electron chi connectivity index (χ4n) is 4.67. The van der Waals surface area contributed by atoms with Crippen molar-refractivity contribution in [3.8, 4) is 6.07 Å². The third-order valence-corrected chi connectivity index (χ3v) is 7.80. The number of nitrogens with zero attached hydrogens (tertiary/aromatic N) is 4. The van der Waals surface area contributed by atoms with Gasteiger partial charge in [-0.25, -0.2) is 0 Å². The molecule has 8 heteroatoms. The Hall–Kier alpha value is -2.89. The van der Waals surface area contributed by atoms with Crippen molar-refractivity contribution in [1.82, 2.24) is 9.47 Å². The van der Waals surface area contributed by atoms with Gasteiger partial charge in [0.2, 0.25) is 0 Å². The van der Waals surface area contributed by atoms with Crippen LogP contribution >= 0.6 is 24.0 Å². The maximum atomic E-state index is 13.5. The van der Waals surface area contributed by atoms with Gasteiger partial charge in [0, 0.05) is 25.2 Å². The van der Waals surface area contributed by atoms with E-state index in [9.17, 15) is 14.9 Å².